The minimum atomic E-state index is -2.78. The molecule has 41 heavy (non-hydrogen) atoms. The summed E-state index contributed by atoms with van der Waals surface area (Å²) in [6.07, 6.45) is 3.43. The fraction of sp³-hybridized carbons (Fsp3) is 0.400. The van der Waals surface area contributed by atoms with Crippen molar-refractivity contribution < 1.29 is 23.0 Å². The Balaban J connectivity index is 1.35. The molecule has 7 nitrogen and oxygen atoms in total. The third-order valence-corrected chi connectivity index (χ3v) is 8.85. The molecule has 3 aliphatic heterocycles. The van der Waals surface area contributed by atoms with Crippen LogP contribution in [-0.4, -0.2) is 77.3 Å². The fourth-order valence-corrected chi connectivity index (χ4v) is 6.89. The lowest BCUT2D eigenvalue weighted by Crippen LogP contribution is -2.51. The van der Waals surface area contributed by atoms with Gasteiger partial charge in [0.15, 0.2) is 5.82 Å². The van der Waals surface area contributed by atoms with Gasteiger partial charge in [-0.2, -0.15) is 0 Å². The molecule has 2 bridgehead atoms. The zero-order valence-electron chi connectivity index (χ0n) is 22.4. The van der Waals surface area contributed by atoms with Crippen LogP contribution in [0.1, 0.15) is 19.3 Å². The lowest BCUT2D eigenvalue weighted by Gasteiger charge is -2.35. The summed E-state index contributed by atoms with van der Waals surface area (Å²) in [6, 6.07) is 10.2. The molecule has 2 aromatic carbocycles. The molecule has 0 spiro atoms. The van der Waals surface area contributed by atoms with Crippen molar-refractivity contribution in [2.75, 3.05) is 38.2 Å². The highest BCUT2D eigenvalue weighted by molar-refractivity contribution is 6.36. The molecule has 4 aromatic rings. The van der Waals surface area contributed by atoms with E-state index in [1.54, 1.807) is 48.5 Å². The van der Waals surface area contributed by atoms with Crippen molar-refractivity contribution >= 4 is 39.0 Å². The quantitative estimate of drug-likeness (QED) is 0.316. The van der Waals surface area contributed by atoms with E-state index in [4.69, 9.17) is 16.3 Å². The smallest absolute Gasteiger partial charge is 0.262 e. The third kappa shape index (κ3) is 4.81. The fourth-order valence-electron chi connectivity index (χ4n) is 6.61. The Morgan fingerprint density at radius 1 is 1.17 bits per heavy atom. The average molecular weight is 584 g/mol. The average Bonchev–Trinajstić information content (AvgIpc) is 3.41. The Morgan fingerprint density at radius 3 is 2.68 bits per heavy atom. The van der Waals surface area contributed by atoms with Gasteiger partial charge in [0.05, 0.1) is 12.2 Å². The van der Waals surface area contributed by atoms with Crippen LogP contribution in [0, 0.1) is 5.82 Å². The van der Waals surface area contributed by atoms with Crippen LogP contribution in [-0.2, 0) is 0 Å². The minimum absolute atomic E-state index is 0.00218. The van der Waals surface area contributed by atoms with E-state index in [9.17, 15) is 13.9 Å². The summed E-state index contributed by atoms with van der Waals surface area (Å²) in [6.45, 7) is 1.15. The molecule has 0 aliphatic carbocycles. The number of hydrogen-bond acceptors (Lipinski definition) is 7. The van der Waals surface area contributed by atoms with E-state index in [1.807, 2.05) is 0 Å². The number of likely N-dealkylation sites (N-methyl/N-ethyl adjacent to an activating group) is 1. The maximum absolute atomic E-state index is 16.5. The van der Waals surface area contributed by atoms with Crippen LogP contribution in [0.25, 0.3) is 32.9 Å². The van der Waals surface area contributed by atoms with Gasteiger partial charge in [-0.1, -0.05) is 23.7 Å². The summed E-state index contributed by atoms with van der Waals surface area (Å²) < 4.78 is 50.5. The monoisotopic (exact) mass is 583 g/mol. The van der Waals surface area contributed by atoms with E-state index in [-0.39, 0.29) is 42.4 Å². The lowest BCUT2D eigenvalue weighted by molar-refractivity contribution is 0.0137. The molecule has 0 amide bonds. The summed E-state index contributed by atoms with van der Waals surface area (Å²) in [5.74, 6) is -3.33. The molecule has 3 atom stereocenters. The first-order valence-corrected chi connectivity index (χ1v) is 14.2. The number of piperazine rings is 1. The number of anilines is 1. The van der Waals surface area contributed by atoms with Crippen LogP contribution in [0.3, 0.4) is 0 Å². The topological polar surface area (TPSA) is 73.8 Å². The second kappa shape index (κ2) is 9.89. The normalized spacial score (nSPS) is 24.0. The largest absolute Gasteiger partial charge is 0.508 e. The van der Waals surface area contributed by atoms with E-state index in [0.29, 0.717) is 38.8 Å². The number of phenols is 1. The molecule has 2 aromatic heterocycles. The van der Waals surface area contributed by atoms with Crippen LogP contribution >= 0.6 is 11.6 Å². The van der Waals surface area contributed by atoms with Crippen molar-refractivity contribution in [3.8, 4) is 22.9 Å². The molecule has 3 saturated heterocycles. The summed E-state index contributed by atoms with van der Waals surface area (Å²) >= 11 is 6.52. The first kappa shape index (κ1) is 26.6. The van der Waals surface area contributed by atoms with E-state index >= 15 is 4.39 Å². The molecule has 2 unspecified atom stereocenters. The van der Waals surface area contributed by atoms with Gasteiger partial charge in [-0.25, -0.2) is 18.2 Å². The summed E-state index contributed by atoms with van der Waals surface area (Å²) in [5.41, 5.74) is 1.14. The van der Waals surface area contributed by atoms with Crippen molar-refractivity contribution in [2.45, 2.75) is 43.3 Å². The van der Waals surface area contributed by atoms with Gasteiger partial charge in [-0.3, -0.25) is 9.88 Å². The summed E-state index contributed by atoms with van der Waals surface area (Å²) in [7, 11) is 1.65. The third-order valence-electron chi connectivity index (χ3n) is 8.54. The van der Waals surface area contributed by atoms with Gasteiger partial charge in [0, 0.05) is 71.3 Å². The first-order valence-electron chi connectivity index (χ1n) is 13.8. The molecule has 2 N–H and O–H groups in total. The molecule has 7 rings (SSSR count). The Hall–Kier alpha value is -3.34. The zero-order valence-corrected chi connectivity index (χ0v) is 23.1. The standard InChI is InChI=1S/C30H29ClF3N5O2/c1-38-15-30(33,34)10-19(38)14-41-25-9-24(39-12-17-5-6-18(13-39)36-17)22-11-35-28(27(32)29(22)37-25)21-8-20(40)7-16-3-2-4-23(31)26(16)21/h2-4,7-9,11,17-19,36,40H,5-6,10,12-15H2,1H3/t17?,18?,19-/m0/s1. The number of ether oxygens (including phenoxy) is 1. The van der Waals surface area contributed by atoms with Gasteiger partial charge in [-0.15, -0.1) is 0 Å². The number of pyridine rings is 2. The molecular formula is C30H29ClF3N5O2. The zero-order chi connectivity index (χ0) is 28.5. The van der Waals surface area contributed by atoms with Gasteiger partial charge in [0.1, 0.15) is 23.6 Å². The van der Waals surface area contributed by atoms with Gasteiger partial charge in [-0.05, 0) is 43.5 Å². The van der Waals surface area contributed by atoms with Gasteiger partial charge in [0.25, 0.3) is 5.92 Å². The van der Waals surface area contributed by atoms with Gasteiger partial charge < -0.3 is 20.1 Å². The number of aromatic nitrogens is 2. The van der Waals surface area contributed by atoms with Crippen LogP contribution in [0.2, 0.25) is 5.02 Å². The molecule has 3 fully saturated rings. The number of alkyl halides is 2. The number of benzene rings is 2. The van der Waals surface area contributed by atoms with Crippen molar-refractivity contribution in [2.24, 2.45) is 0 Å². The number of rotatable bonds is 5. The van der Waals surface area contributed by atoms with Gasteiger partial charge >= 0.3 is 0 Å². The molecule has 5 heterocycles. The number of likely N-dealkylation sites (tertiary alicyclic amines) is 1. The number of phenolic OH excluding ortho intramolecular Hbond substituents is 1. The van der Waals surface area contributed by atoms with Gasteiger partial charge in [0.2, 0.25) is 5.88 Å². The number of nitrogens with zero attached hydrogens (tertiary/aromatic N) is 4. The van der Waals surface area contributed by atoms with E-state index in [2.05, 4.69) is 20.2 Å². The highest BCUT2D eigenvalue weighted by Crippen LogP contribution is 2.41. The van der Waals surface area contributed by atoms with Crippen LogP contribution < -0.4 is 15.0 Å². The highest BCUT2D eigenvalue weighted by Gasteiger charge is 2.43. The second-order valence-corrected chi connectivity index (χ2v) is 11.9. The number of fused-ring (bicyclic) bond motifs is 4. The summed E-state index contributed by atoms with van der Waals surface area (Å²) in [4.78, 5) is 12.8. The lowest BCUT2D eigenvalue weighted by atomic mass is 10.00. The highest BCUT2D eigenvalue weighted by atomic mass is 35.5. The van der Waals surface area contributed by atoms with Crippen molar-refractivity contribution in [3.05, 3.63) is 53.4 Å². The van der Waals surface area contributed by atoms with Crippen LogP contribution in [0.4, 0.5) is 18.9 Å². The minimum Gasteiger partial charge on any atom is -0.508 e. The van der Waals surface area contributed by atoms with Crippen LogP contribution in [0.5, 0.6) is 11.6 Å². The van der Waals surface area contributed by atoms with E-state index in [1.165, 1.54) is 6.07 Å². The number of hydrogen-bond donors (Lipinski definition) is 2. The Kier molecular flexibility index (Phi) is 6.40. The number of aromatic hydroxyl groups is 1. The Labute approximate surface area is 239 Å². The Bertz CT molecular complexity index is 1660. The molecule has 11 heteroatoms. The van der Waals surface area contributed by atoms with Crippen molar-refractivity contribution in [3.63, 3.8) is 0 Å². The predicted octanol–water partition coefficient (Wildman–Crippen LogP) is 5.61. The molecule has 0 saturated carbocycles. The van der Waals surface area contributed by atoms with E-state index < -0.39 is 17.8 Å². The predicted molar refractivity (Wildman–Crippen MR) is 153 cm³/mol. The summed E-state index contributed by atoms with van der Waals surface area (Å²) in [5, 5.41) is 16.2. The second-order valence-electron chi connectivity index (χ2n) is 11.5. The number of nitrogens with one attached hydrogen (secondary N) is 1. The SMILES string of the molecule is CN1CC(F)(F)C[C@H]1COc1cc(N2CC3CCC(C2)N3)c2cnc(-c3cc(O)cc4cccc(Cl)c34)c(F)c2n1. The molecular weight excluding hydrogens is 555 g/mol. The Morgan fingerprint density at radius 2 is 1.95 bits per heavy atom. The maximum Gasteiger partial charge on any atom is 0.262 e. The van der Waals surface area contributed by atoms with Crippen LogP contribution in [0.15, 0.2) is 42.6 Å². The first-order chi connectivity index (χ1) is 19.6. The van der Waals surface area contributed by atoms with E-state index in [0.717, 1.165) is 31.6 Å². The van der Waals surface area contributed by atoms with Crippen molar-refractivity contribution in [1.82, 2.24) is 20.2 Å². The van der Waals surface area contributed by atoms with Crippen molar-refractivity contribution in [1.29, 1.82) is 0 Å². The molecule has 0 radical (unpaired) electrons. The number of halogens is 4. The maximum atomic E-state index is 16.5. The molecule has 214 valence electrons. The molecule has 3 aliphatic rings.